The molecule has 2 aromatic carbocycles. The van der Waals surface area contributed by atoms with E-state index in [9.17, 15) is 4.79 Å². The van der Waals surface area contributed by atoms with Crippen molar-refractivity contribution in [1.29, 1.82) is 0 Å². The Morgan fingerprint density at radius 3 is 2.22 bits per heavy atom. The highest BCUT2D eigenvalue weighted by Crippen LogP contribution is 2.27. The van der Waals surface area contributed by atoms with Crippen LogP contribution in [-0.2, 0) is 9.53 Å². The van der Waals surface area contributed by atoms with Crippen LogP contribution in [0.1, 0.15) is 17.0 Å². The third kappa shape index (κ3) is 3.52. The molecule has 0 radical (unpaired) electrons. The molecular formula is C18H20N2O3. The van der Waals surface area contributed by atoms with Crippen LogP contribution in [-0.4, -0.2) is 37.4 Å². The van der Waals surface area contributed by atoms with E-state index in [0.29, 0.717) is 0 Å². The predicted octanol–water partition coefficient (Wildman–Crippen LogP) is 2.16. The van der Waals surface area contributed by atoms with Gasteiger partial charge in [0.25, 0.3) is 5.91 Å². The minimum absolute atomic E-state index is 0.435. The van der Waals surface area contributed by atoms with Crippen LogP contribution >= 0.6 is 0 Å². The third-order valence-corrected chi connectivity index (χ3v) is 4.11. The molecule has 1 aliphatic rings. The molecule has 23 heavy (non-hydrogen) atoms. The summed E-state index contributed by atoms with van der Waals surface area (Å²) >= 11 is 0. The van der Waals surface area contributed by atoms with Crippen molar-refractivity contribution in [2.75, 3.05) is 31.2 Å². The van der Waals surface area contributed by atoms with Crippen molar-refractivity contribution < 1.29 is 14.7 Å². The van der Waals surface area contributed by atoms with Gasteiger partial charge in [0.15, 0.2) is 0 Å². The van der Waals surface area contributed by atoms with Gasteiger partial charge >= 0.3 is 0 Å². The molecule has 5 heteroatoms. The van der Waals surface area contributed by atoms with E-state index in [-0.39, 0.29) is 0 Å². The molecule has 1 amide bonds. The van der Waals surface area contributed by atoms with Crippen LogP contribution in [0, 0.1) is 0 Å². The number of anilines is 1. The molecule has 1 fully saturated rings. The van der Waals surface area contributed by atoms with Gasteiger partial charge in [-0.2, -0.15) is 0 Å². The predicted molar refractivity (Wildman–Crippen MR) is 87.7 cm³/mol. The van der Waals surface area contributed by atoms with E-state index >= 15 is 0 Å². The minimum atomic E-state index is -0.528. The number of amides is 1. The summed E-state index contributed by atoms with van der Waals surface area (Å²) in [6, 6.07) is 17.4. The fraction of sp³-hybridized carbons (Fsp3) is 0.278. The van der Waals surface area contributed by atoms with Crippen molar-refractivity contribution in [3.8, 4) is 0 Å². The molecule has 0 bridgehead atoms. The molecule has 1 saturated heterocycles. The Morgan fingerprint density at radius 2 is 1.61 bits per heavy atom. The molecule has 0 aliphatic carbocycles. The number of ether oxygens (including phenoxy) is 1. The van der Waals surface area contributed by atoms with E-state index in [1.54, 1.807) is 5.48 Å². The largest absolute Gasteiger partial charge is 0.378 e. The van der Waals surface area contributed by atoms with Crippen molar-refractivity contribution in [3.05, 3.63) is 65.7 Å². The van der Waals surface area contributed by atoms with Crippen molar-refractivity contribution in [2.45, 2.75) is 5.92 Å². The fourth-order valence-corrected chi connectivity index (χ4v) is 2.90. The van der Waals surface area contributed by atoms with Gasteiger partial charge in [-0.15, -0.1) is 0 Å². The zero-order valence-electron chi connectivity index (χ0n) is 12.8. The summed E-state index contributed by atoms with van der Waals surface area (Å²) in [5.41, 5.74) is 4.59. The molecule has 0 spiro atoms. The van der Waals surface area contributed by atoms with Crippen LogP contribution in [0.4, 0.5) is 5.69 Å². The Bertz CT molecular complexity index is 637. The van der Waals surface area contributed by atoms with E-state index in [2.05, 4.69) is 4.90 Å². The van der Waals surface area contributed by atoms with Gasteiger partial charge in [-0.05, 0) is 23.3 Å². The maximum absolute atomic E-state index is 12.1. The maximum atomic E-state index is 12.1. The van der Waals surface area contributed by atoms with E-state index < -0.39 is 11.8 Å². The molecule has 1 aliphatic heterocycles. The van der Waals surface area contributed by atoms with Crippen LogP contribution in [0.2, 0.25) is 0 Å². The lowest BCUT2D eigenvalue weighted by atomic mass is 9.90. The average Bonchev–Trinajstić information content (AvgIpc) is 2.64. The Labute approximate surface area is 135 Å². The van der Waals surface area contributed by atoms with Gasteiger partial charge in [0.2, 0.25) is 0 Å². The number of nitrogens with zero attached hydrogens (tertiary/aromatic N) is 1. The van der Waals surface area contributed by atoms with Crippen molar-refractivity contribution in [2.24, 2.45) is 0 Å². The second kappa shape index (κ2) is 7.26. The van der Waals surface area contributed by atoms with Crippen molar-refractivity contribution in [1.82, 2.24) is 5.48 Å². The first-order chi connectivity index (χ1) is 11.3. The number of rotatable bonds is 4. The number of hydroxylamine groups is 1. The minimum Gasteiger partial charge on any atom is -0.378 e. The quantitative estimate of drug-likeness (QED) is 0.671. The SMILES string of the molecule is O=C(NO)C(c1ccccc1)c1ccc(N2CCOCC2)cc1. The number of carbonyl (C=O) groups is 1. The standard InChI is InChI=1S/C18H20N2O3/c21-18(19-22)17(14-4-2-1-3-5-14)15-6-8-16(9-7-15)20-10-12-23-13-11-20/h1-9,17,22H,10-13H2,(H,19,21). The van der Waals surface area contributed by atoms with Crippen LogP contribution in [0.3, 0.4) is 0 Å². The van der Waals surface area contributed by atoms with E-state index in [4.69, 9.17) is 9.94 Å². The first kappa shape index (κ1) is 15.5. The van der Waals surface area contributed by atoms with E-state index in [1.165, 1.54) is 0 Å². The molecule has 2 N–H and O–H groups in total. The van der Waals surface area contributed by atoms with Crippen LogP contribution in [0.5, 0.6) is 0 Å². The Balaban J connectivity index is 1.86. The van der Waals surface area contributed by atoms with Crippen LogP contribution in [0.25, 0.3) is 0 Å². The summed E-state index contributed by atoms with van der Waals surface area (Å²) in [4.78, 5) is 14.4. The fourth-order valence-electron chi connectivity index (χ4n) is 2.90. The third-order valence-electron chi connectivity index (χ3n) is 4.11. The number of morpholine rings is 1. The van der Waals surface area contributed by atoms with Crippen molar-refractivity contribution >= 4 is 11.6 Å². The average molecular weight is 312 g/mol. The van der Waals surface area contributed by atoms with Crippen molar-refractivity contribution in [3.63, 3.8) is 0 Å². The monoisotopic (exact) mass is 312 g/mol. The molecule has 1 heterocycles. The lowest BCUT2D eigenvalue weighted by Crippen LogP contribution is -2.36. The topological polar surface area (TPSA) is 61.8 Å². The summed E-state index contributed by atoms with van der Waals surface area (Å²) in [5.74, 6) is -0.963. The second-order valence-corrected chi connectivity index (χ2v) is 5.51. The highest BCUT2D eigenvalue weighted by Gasteiger charge is 2.22. The maximum Gasteiger partial charge on any atom is 0.255 e. The normalized spacial score (nSPS) is 16.0. The highest BCUT2D eigenvalue weighted by atomic mass is 16.5. The number of hydrogen-bond acceptors (Lipinski definition) is 4. The van der Waals surface area contributed by atoms with Gasteiger partial charge in [0.05, 0.1) is 19.1 Å². The second-order valence-electron chi connectivity index (χ2n) is 5.51. The molecule has 3 rings (SSSR count). The Hall–Kier alpha value is -2.37. The molecule has 5 nitrogen and oxygen atoms in total. The molecule has 0 saturated carbocycles. The molecule has 120 valence electrons. The lowest BCUT2D eigenvalue weighted by molar-refractivity contribution is -0.129. The van der Waals surface area contributed by atoms with Crippen LogP contribution in [0.15, 0.2) is 54.6 Å². The number of carbonyl (C=O) groups excluding carboxylic acids is 1. The number of nitrogens with one attached hydrogen (secondary N) is 1. The van der Waals surface area contributed by atoms with E-state index in [1.807, 2.05) is 54.6 Å². The Kier molecular flexibility index (Phi) is 4.90. The first-order valence-electron chi connectivity index (χ1n) is 7.71. The molecule has 0 aromatic heterocycles. The van der Waals surface area contributed by atoms with Gasteiger partial charge in [-0.3, -0.25) is 10.0 Å². The summed E-state index contributed by atoms with van der Waals surface area (Å²) in [6.07, 6.45) is 0. The summed E-state index contributed by atoms with van der Waals surface area (Å²) in [7, 11) is 0. The lowest BCUT2D eigenvalue weighted by Gasteiger charge is -2.29. The smallest absolute Gasteiger partial charge is 0.255 e. The highest BCUT2D eigenvalue weighted by molar-refractivity contribution is 5.86. The number of hydrogen-bond donors (Lipinski definition) is 2. The van der Waals surface area contributed by atoms with E-state index in [0.717, 1.165) is 43.1 Å². The molecule has 1 atom stereocenters. The van der Waals surface area contributed by atoms with Gasteiger partial charge in [0.1, 0.15) is 0 Å². The van der Waals surface area contributed by atoms with Gasteiger partial charge in [-0.1, -0.05) is 42.5 Å². The molecular weight excluding hydrogens is 292 g/mol. The first-order valence-corrected chi connectivity index (χ1v) is 7.71. The molecule has 1 unspecified atom stereocenters. The van der Waals surface area contributed by atoms with Gasteiger partial charge in [-0.25, -0.2) is 5.48 Å². The number of benzene rings is 2. The zero-order valence-corrected chi connectivity index (χ0v) is 12.8. The zero-order chi connectivity index (χ0) is 16.1. The molecule has 2 aromatic rings. The summed E-state index contributed by atoms with van der Waals surface area (Å²) in [5, 5.41) is 9.06. The summed E-state index contributed by atoms with van der Waals surface area (Å²) in [6.45, 7) is 3.22. The van der Waals surface area contributed by atoms with Crippen LogP contribution < -0.4 is 10.4 Å². The van der Waals surface area contributed by atoms with Gasteiger partial charge < -0.3 is 9.64 Å². The van der Waals surface area contributed by atoms with Gasteiger partial charge in [0, 0.05) is 18.8 Å². The Morgan fingerprint density at radius 1 is 1.00 bits per heavy atom. The summed E-state index contributed by atoms with van der Waals surface area (Å²) < 4.78 is 5.36.